The van der Waals surface area contributed by atoms with Gasteiger partial charge in [-0.25, -0.2) is 4.79 Å². The second-order valence-corrected chi connectivity index (χ2v) is 11.8. The normalized spacial score (nSPS) is 30.5. The molecule has 1 heterocycles. The van der Waals surface area contributed by atoms with Crippen molar-refractivity contribution in [2.75, 3.05) is 41.4 Å². The summed E-state index contributed by atoms with van der Waals surface area (Å²) in [6.45, 7) is 7.95. The quantitative estimate of drug-likeness (QED) is 0.378. The lowest BCUT2D eigenvalue weighted by Crippen LogP contribution is -2.42. The zero-order valence-electron chi connectivity index (χ0n) is 27.0. The highest BCUT2D eigenvalue weighted by atomic mass is 16.6. The van der Waals surface area contributed by atoms with Gasteiger partial charge in [-0.2, -0.15) is 0 Å². The van der Waals surface area contributed by atoms with Crippen LogP contribution in [-0.2, 0) is 28.6 Å². The number of nitrogens with one attached hydrogen (secondary N) is 1. The van der Waals surface area contributed by atoms with Gasteiger partial charge in [-0.15, -0.1) is 0 Å². The Labute approximate surface area is 260 Å². The maximum Gasteiger partial charge on any atom is 0.405 e. The Bertz CT molecular complexity index is 1220. The van der Waals surface area contributed by atoms with Crippen molar-refractivity contribution in [3.05, 3.63) is 47.2 Å². The number of nitrogens with zero attached hydrogens (tertiary/aromatic N) is 2. The molecule has 244 valence electrons. The molecule has 0 aromatic carbocycles. The molecular weight excluding hydrogens is 568 g/mol. The lowest BCUT2D eigenvalue weighted by atomic mass is 9.79. The molecule has 1 aliphatic heterocycles. The number of aliphatic hydroxyl groups excluding tert-OH is 1. The zero-order valence-corrected chi connectivity index (χ0v) is 27.0. The summed E-state index contributed by atoms with van der Waals surface area (Å²) in [5.41, 5.74) is 6.27. The number of rotatable bonds is 6. The standard InChI is InChI=1S/C32H48N4O8/c1-18-14-22-27(34-12-13-36(5)6)24(37)17-23(29(22)39)35-31(40)19(2)10-9-11-25(42-7)30(44-32(33)41)21(4)16-20(3)28(38)26(15-18)43-8/h9-11,16-18,20,22,25-26,28,30,38H,12-15H2,1-8H3,(H2,33,41)(H,35,40)/t18-,20+,22?,25+,26+,28+,30+/m0/s1. The van der Waals surface area contributed by atoms with Gasteiger partial charge in [-0.05, 0) is 52.3 Å². The first kappa shape index (κ1) is 36.7. The van der Waals surface area contributed by atoms with Crippen LogP contribution in [0.15, 0.2) is 52.2 Å². The molecule has 1 unspecified atom stereocenters. The van der Waals surface area contributed by atoms with Crippen LogP contribution in [-0.4, -0.2) is 105 Å². The van der Waals surface area contributed by atoms with Crippen LogP contribution in [0.2, 0.25) is 0 Å². The Morgan fingerprint density at radius 1 is 1.14 bits per heavy atom. The number of primary amides is 1. The van der Waals surface area contributed by atoms with Crippen molar-refractivity contribution < 1.29 is 38.5 Å². The van der Waals surface area contributed by atoms with Crippen molar-refractivity contribution in [2.24, 2.45) is 28.5 Å². The third-order valence-electron chi connectivity index (χ3n) is 7.81. The monoisotopic (exact) mass is 616 g/mol. The van der Waals surface area contributed by atoms with Crippen LogP contribution in [0, 0.1) is 17.8 Å². The SMILES string of the molecule is CO[C@@H]1C=CC=C(C)C(=O)NC2=CC(=O)C(=NCCN(C)C)C(C[C@H](C)C[C@@H](OC)[C@H](O)[C@H](C)C=C(C)[C@H]1OC(N)=O)C2=O. The number of hydrogen-bond donors (Lipinski definition) is 3. The molecule has 0 radical (unpaired) electrons. The Morgan fingerprint density at radius 3 is 2.41 bits per heavy atom. The maximum atomic E-state index is 13.7. The van der Waals surface area contributed by atoms with Crippen molar-refractivity contribution in [3.63, 3.8) is 0 Å². The lowest BCUT2D eigenvalue weighted by Gasteiger charge is -2.31. The van der Waals surface area contributed by atoms with Crippen molar-refractivity contribution in [2.45, 2.75) is 65.0 Å². The minimum atomic E-state index is -0.997. The van der Waals surface area contributed by atoms with Crippen molar-refractivity contribution in [1.82, 2.24) is 10.2 Å². The number of ketones is 2. The molecule has 2 amide bonds. The number of carbonyl (C=O) groups is 4. The van der Waals surface area contributed by atoms with Crippen LogP contribution in [0.5, 0.6) is 0 Å². The summed E-state index contributed by atoms with van der Waals surface area (Å²) in [6.07, 6.45) is 3.93. The summed E-state index contributed by atoms with van der Waals surface area (Å²) in [6, 6.07) is 0. The smallest absolute Gasteiger partial charge is 0.405 e. The molecule has 12 nitrogen and oxygen atoms in total. The molecule has 0 saturated heterocycles. The largest absolute Gasteiger partial charge is 0.439 e. The van der Waals surface area contributed by atoms with E-state index in [1.807, 2.05) is 32.8 Å². The number of methoxy groups -OCH3 is 2. The number of allylic oxidation sites excluding steroid dienone is 4. The summed E-state index contributed by atoms with van der Waals surface area (Å²) in [4.78, 5) is 58.2. The second-order valence-electron chi connectivity index (χ2n) is 11.8. The van der Waals surface area contributed by atoms with Crippen LogP contribution in [0.4, 0.5) is 4.79 Å². The van der Waals surface area contributed by atoms with E-state index in [1.54, 1.807) is 32.1 Å². The first-order valence-electron chi connectivity index (χ1n) is 14.7. The van der Waals surface area contributed by atoms with E-state index < -0.39 is 59.8 Å². The fraction of sp³-hybridized carbons (Fsp3) is 0.594. The molecular formula is C32H48N4O8. The van der Waals surface area contributed by atoms with Crippen LogP contribution in [0.1, 0.15) is 40.5 Å². The van der Waals surface area contributed by atoms with Crippen LogP contribution < -0.4 is 11.1 Å². The van der Waals surface area contributed by atoms with E-state index in [2.05, 4.69) is 10.3 Å². The first-order valence-corrected chi connectivity index (χ1v) is 14.7. The average molecular weight is 617 g/mol. The van der Waals surface area contributed by atoms with Crippen LogP contribution in [0.25, 0.3) is 0 Å². The number of fused-ring (bicyclic) bond motifs is 2. The predicted molar refractivity (Wildman–Crippen MR) is 167 cm³/mol. The fourth-order valence-corrected chi connectivity index (χ4v) is 5.30. The van der Waals surface area contributed by atoms with Gasteiger partial charge < -0.3 is 35.3 Å². The minimum absolute atomic E-state index is 0.0973. The molecule has 1 aliphatic carbocycles. The molecule has 44 heavy (non-hydrogen) atoms. The van der Waals surface area contributed by atoms with Gasteiger partial charge in [0.1, 0.15) is 6.10 Å². The molecule has 0 aromatic heterocycles. The highest BCUT2D eigenvalue weighted by Crippen LogP contribution is 2.28. The van der Waals surface area contributed by atoms with Gasteiger partial charge in [0.15, 0.2) is 11.9 Å². The highest BCUT2D eigenvalue weighted by molar-refractivity contribution is 6.51. The van der Waals surface area contributed by atoms with Crippen molar-refractivity contribution >= 4 is 29.3 Å². The van der Waals surface area contributed by atoms with Gasteiger partial charge in [0.05, 0.1) is 36.1 Å². The molecule has 7 atom stereocenters. The molecule has 0 saturated carbocycles. The number of aliphatic imine (C=N–C) groups is 1. The van der Waals surface area contributed by atoms with Crippen molar-refractivity contribution in [3.8, 4) is 0 Å². The van der Waals surface area contributed by atoms with E-state index in [0.717, 1.165) is 6.08 Å². The molecule has 2 rings (SSSR count). The number of hydrogen-bond acceptors (Lipinski definition) is 10. The number of likely N-dealkylation sites (N-methyl/N-ethyl adjacent to an activating group) is 1. The van der Waals surface area contributed by atoms with Gasteiger partial charge in [0.2, 0.25) is 5.78 Å². The Hall–Kier alpha value is -3.45. The summed E-state index contributed by atoms with van der Waals surface area (Å²) in [5, 5.41) is 13.9. The maximum absolute atomic E-state index is 13.7. The van der Waals surface area contributed by atoms with E-state index in [-0.39, 0.29) is 29.3 Å². The van der Waals surface area contributed by atoms with Gasteiger partial charge in [-0.1, -0.05) is 38.2 Å². The molecule has 12 heteroatoms. The van der Waals surface area contributed by atoms with Gasteiger partial charge in [0.25, 0.3) is 5.91 Å². The fourth-order valence-electron chi connectivity index (χ4n) is 5.30. The molecule has 0 fully saturated rings. The third kappa shape index (κ3) is 10.3. The lowest BCUT2D eigenvalue weighted by molar-refractivity contribution is -0.123. The Morgan fingerprint density at radius 2 is 1.82 bits per heavy atom. The Kier molecular flexibility index (Phi) is 14.3. The van der Waals surface area contributed by atoms with Crippen molar-refractivity contribution in [1.29, 1.82) is 0 Å². The number of ether oxygens (including phenoxy) is 3. The highest BCUT2D eigenvalue weighted by Gasteiger charge is 2.38. The number of aliphatic hydroxyl groups is 1. The van der Waals surface area contributed by atoms with Crippen LogP contribution in [0.3, 0.4) is 0 Å². The topological polar surface area (TPSA) is 170 Å². The van der Waals surface area contributed by atoms with E-state index in [0.29, 0.717) is 25.1 Å². The second kappa shape index (κ2) is 17.1. The van der Waals surface area contributed by atoms with Gasteiger partial charge in [-0.3, -0.25) is 19.4 Å². The predicted octanol–water partition coefficient (Wildman–Crippen LogP) is 2.13. The molecule has 0 spiro atoms. The van der Waals surface area contributed by atoms with Crippen LogP contribution >= 0.6 is 0 Å². The molecule has 2 bridgehead atoms. The van der Waals surface area contributed by atoms with Gasteiger partial charge >= 0.3 is 6.09 Å². The number of carbonyl (C=O) groups excluding carboxylic acids is 4. The van der Waals surface area contributed by atoms with E-state index in [1.165, 1.54) is 20.3 Å². The van der Waals surface area contributed by atoms with E-state index in [9.17, 15) is 24.3 Å². The van der Waals surface area contributed by atoms with Gasteiger partial charge in [0, 0.05) is 38.3 Å². The summed E-state index contributed by atoms with van der Waals surface area (Å²) >= 11 is 0. The molecule has 2 aliphatic rings. The molecule has 4 N–H and O–H groups in total. The summed E-state index contributed by atoms with van der Waals surface area (Å²) < 4.78 is 16.6. The Balaban J connectivity index is 2.61. The number of Topliss-reactive ketones (excluding diaryl/α,β-unsaturated/α-hetero) is 1. The average Bonchev–Trinajstić information content (AvgIpc) is 2.95. The summed E-state index contributed by atoms with van der Waals surface area (Å²) in [5.74, 6) is -2.87. The van der Waals surface area contributed by atoms with E-state index >= 15 is 0 Å². The first-order chi connectivity index (χ1) is 20.7. The molecule has 0 aromatic rings. The third-order valence-corrected chi connectivity index (χ3v) is 7.81. The number of amides is 2. The number of nitrogens with two attached hydrogens (primary N) is 1. The van der Waals surface area contributed by atoms with E-state index in [4.69, 9.17) is 19.9 Å². The minimum Gasteiger partial charge on any atom is -0.439 e. The summed E-state index contributed by atoms with van der Waals surface area (Å²) in [7, 11) is 6.72. The zero-order chi connectivity index (χ0) is 33.1.